The number of hydrogen-bond acceptors (Lipinski definition) is 2. The Balaban J connectivity index is 0.000000243. The number of nitrogens with zero attached hydrogens (tertiary/aromatic N) is 1. The number of aliphatic carboxylic acids is 1. The maximum absolute atomic E-state index is 13.2. The molecular weight excluding hydrogens is 421 g/mol. The summed E-state index contributed by atoms with van der Waals surface area (Å²) in [7, 11) is 0. The second-order valence-electron chi connectivity index (χ2n) is 8.13. The van der Waals surface area contributed by atoms with Gasteiger partial charge in [-0.3, -0.25) is 9.59 Å². The molecule has 1 aromatic heterocycles. The molecule has 0 unspecified atom stereocenters. The lowest BCUT2D eigenvalue weighted by Gasteiger charge is -2.22. The molecule has 1 heterocycles. The largest absolute Gasteiger partial charge is 0.481 e. The topological polar surface area (TPSA) is 85.3 Å². The lowest BCUT2D eigenvalue weighted by Crippen LogP contribution is -2.19. The molecule has 1 aliphatic carbocycles. The molecule has 0 radical (unpaired) electrons. The molecule has 32 heavy (non-hydrogen) atoms. The van der Waals surface area contributed by atoms with Gasteiger partial charge in [-0.05, 0) is 67.3 Å². The van der Waals surface area contributed by atoms with Crippen molar-refractivity contribution in [2.45, 2.75) is 38.8 Å². The zero-order valence-corrected chi connectivity index (χ0v) is 17.6. The highest BCUT2D eigenvalue weighted by Gasteiger charge is 2.34. The van der Waals surface area contributed by atoms with Gasteiger partial charge in [0, 0.05) is 11.8 Å². The Morgan fingerprint density at radius 1 is 1.03 bits per heavy atom. The summed E-state index contributed by atoms with van der Waals surface area (Å²) in [5.41, 5.74) is 4.89. The molecule has 4 rings (SSSR count). The Kier molecular flexibility index (Phi) is 6.91. The number of fused-ring (bicyclic) bond motifs is 1. The Morgan fingerprint density at radius 3 is 2.28 bits per heavy atom. The van der Waals surface area contributed by atoms with Gasteiger partial charge in [0.1, 0.15) is 0 Å². The van der Waals surface area contributed by atoms with E-state index in [1.807, 2.05) is 0 Å². The van der Waals surface area contributed by atoms with Crippen LogP contribution in [0, 0.1) is 11.8 Å². The van der Waals surface area contributed by atoms with Crippen molar-refractivity contribution in [3.8, 4) is 5.69 Å². The molecule has 1 aliphatic rings. The third kappa shape index (κ3) is 5.30. The molecule has 170 valence electrons. The van der Waals surface area contributed by atoms with E-state index in [1.165, 1.54) is 4.57 Å². The van der Waals surface area contributed by atoms with Crippen molar-refractivity contribution in [1.29, 1.82) is 0 Å². The predicted octanol–water partition coefficient (Wildman–Crippen LogP) is 5.65. The number of hydrogen-bond donors (Lipinski definition) is 2. The van der Waals surface area contributed by atoms with Crippen LogP contribution in [0.5, 0.6) is 0 Å². The summed E-state index contributed by atoms with van der Waals surface area (Å²) in [4.78, 5) is 21.7. The number of carboxylic acid groups (broad SMARTS) is 1. The number of carbonyl (C=O) groups is 2. The van der Waals surface area contributed by atoms with Crippen LogP contribution >= 0.6 is 0 Å². The van der Waals surface area contributed by atoms with Gasteiger partial charge in [-0.2, -0.15) is 13.2 Å². The number of carboxylic acids is 1. The van der Waals surface area contributed by atoms with E-state index in [0.29, 0.717) is 5.52 Å². The zero-order chi connectivity index (χ0) is 23.5. The fourth-order valence-corrected chi connectivity index (χ4v) is 3.92. The molecule has 1 amide bonds. The highest BCUT2D eigenvalue weighted by atomic mass is 19.4. The molecule has 8 heteroatoms. The normalized spacial score (nSPS) is 18.6. The van der Waals surface area contributed by atoms with Crippen LogP contribution in [0.25, 0.3) is 16.6 Å². The molecule has 1 saturated carbocycles. The number of primary amides is 1. The van der Waals surface area contributed by atoms with Gasteiger partial charge in [-0.1, -0.05) is 25.1 Å². The number of benzene rings is 2. The van der Waals surface area contributed by atoms with Gasteiger partial charge in [0.25, 0.3) is 0 Å². The Morgan fingerprint density at radius 2 is 1.69 bits per heavy atom. The summed E-state index contributed by atoms with van der Waals surface area (Å²) < 4.78 is 41.1. The van der Waals surface area contributed by atoms with E-state index in [-0.39, 0.29) is 17.2 Å². The zero-order valence-electron chi connectivity index (χ0n) is 17.6. The van der Waals surface area contributed by atoms with Crippen LogP contribution in [0.3, 0.4) is 0 Å². The number of alkyl halides is 3. The molecule has 0 spiro atoms. The van der Waals surface area contributed by atoms with Crippen LogP contribution < -0.4 is 5.73 Å². The summed E-state index contributed by atoms with van der Waals surface area (Å²) in [6.45, 7) is 2.19. The minimum absolute atomic E-state index is 0.0285. The first-order valence-electron chi connectivity index (χ1n) is 10.4. The van der Waals surface area contributed by atoms with Crippen LogP contribution in [-0.4, -0.2) is 21.6 Å². The van der Waals surface area contributed by atoms with Crippen LogP contribution in [-0.2, 0) is 11.0 Å². The van der Waals surface area contributed by atoms with Gasteiger partial charge < -0.3 is 15.4 Å². The lowest BCUT2D eigenvalue weighted by molar-refractivity contribution is -0.143. The summed E-state index contributed by atoms with van der Waals surface area (Å²) >= 11 is 0. The van der Waals surface area contributed by atoms with E-state index in [0.717, 1.165) is 55.2 Å². The molecule has 5 nitrogen and oxygen atoms in total. The Labute approximate surface area is 183 Å². The van der Waals surface area contributed by atoms with Crippen molar-refractivity contribution in [1.82, 2.24) is 4.57 Å². The van der Waals surface area contributed by atoms with Crippen molar-refractivity contribution in [3.63, 3.8) is 0 Å². The van der Waals surface area contributed by atoms with Crippen LogP contribution in [0.2, 0.25) is 0 Å². The van der Waals surface area contributed by atoms with Gasteiger partial charge >= 0.3 is 12.1 Å². The van der Waals surface area contributed by atoms with E-state index in [9.17, 15) is 22.8 Å². The number of halogens is 3. The maximum Gasteiger partial charge on any atom is 0.418 e. The number of para-hydroxylation sites is 1. The fourth-order valence-electron chi connectivity index (χ4n) is 3.92. The van der Waals surface area contributed by atoms with Gasteiger partial charge in [0.2, 0.25) is 5.91 Å². The second kappa shape index (κ2) is 9.46. The van der Waals surface area contributed by atoms with Gasteiger partial charge in [0.05, 0.1) is 22.7 Å². The lowest BCUT2D eigenvalue weighted by atomic mass is 9.83. The summed E-state index contributed by atoms with van der Waals surface area (Å²) in [6.07, 6.45) is 0.970. The van der Waals surface area contributed by atoms with Gasteiger partial charge in [-0.15, -0.1) is 0 Å². The predicted molar refractivity (Wildman–Crippen MR) is 116 cm³/mol. The molecule has 1 fully saturated rings. The molecule has 3 N–H and O–H groups in total. The minimum Gasteiger partial charge on any atom is -0.481 e. The number of aromatic nitrogens is 1. The quantitative estimate of drug-likeness (QED) is 0.546. The van der Waals surface area contributed by atoms with E-state index >= 15 is 0 Å². The Hall–Kier alpha value is -3.29. The summed E-state index contributed by atoms with van der Waals surface area (Å²) in [5.74, 6) is -0.676. The second-order valence-corrected chi connectivity index (χ2v) is 8.13. The molecule has 3 aromatic rings. The molecule has 0 saturated heterocycles. The fraction of sp³-hybridized carbons (Fsp3) is 0.333. The third-order valence-electron chi connectivity index (χ3n) is 5.81. The first-order valence-corrected chi connectivity index (χ1v) is 10.4. The molecular formula is C24H25F3N2O3. The maximum atomic E-state index is 13.2. The first-order chi connectivity index (χ1) is 15.1. The monoisotopic (exact) mass is 446 g/mol. The van der Waals surface area contributed by atoms with E-state index in [2.05, 4.69) is 6.92 Å². The standard InChI is InChI=1S/C16H11F3N2O.C8H14O2/c17-16(18,19)12-6-5-11(15(20)22)9-14(12)21-8-7-10-3-1-2-4-13(10)21;1-6-2-4-7(5-3-6)8(9)10/h1-9H,(H2,20,22);6-7H,2-5H2,1H3,(H,9,10). The SMILES string of the molecule is CC1CCC(C(=O)O)CC1.NC(=O)c1ccc(C(F)(F)F)c(-n2ccc3ccccc32)c1. The van der Waals surface area contributed by atoms with E-state index in [4.69, 9.17) is 10.8 Å². The van der Waals surface area contributed by atoms with Crippen molar-refractivity contribution >= 4 is 22.8 Å². The minimum atomic E-state index is -4.53. The van der Waals surface area contributed by atoms with Crippen LogP contribution in [0.1, 0.15) is 48.5 Å². The molecule has 0 atom stereocenters. The molecule has 0 bridgehead atoms. The van der Waals surface area contributed by atoms with Crippen molar-refractivity contribution in [2.75, 3.05) is 0 Å². The Bertz CT molecular complexity index is 1110. The highest BCUT2D eigenvalue weighted by Crippen LogP contribution is 2.36. The van der Waals surface area contributed by atoms with Gasteiger partial charge in [-0.25, -0.2) is 0 Å². The molecule has 0 aliphatic heterocycles. The average molecular weight is 446 g/mol. The number of carbonyl (C=O) groups excluding carboxylic acids is 1. The third-order valence-corrected chi connectivity index (χ3v) is 5.81. The first kappa shape index (κ1) is 23.4. The van der Waals surface area contributed by atoms with Crippen molar-refractivity contribution in [2.24, 2.45) is 17.6 Å². The number of amides is 1. The van der Waals surface area contributed by atoms with Crippen molar-refractivity contribution < 1.29 is 27.9 Å². The van der Waals surface area contributed by atoms with Crippen molar-refractivity contribution in [3.05, 3.63) is 65.9 Å². The average Bonchev–Trinajstić information content (AvgIpc) is 3.17. The molecule has 2 aromatic carbocycles. The van der Waals surface area contributed by atoms with Crippen LogP contribution in [0.4, 0.5) is 13.2 Å². The smallest absolute Gasteiger partial charge is 0.418 e. The summed E-state index contributed by atoms with van der Waals surface area (Å²) in [6, 6.07) is 11.9. The highest BCUT2D eigenvalue weighted by molar-refractivity contribution is 5.94. The van der Waals surface area contributed by atoms with E-state index in [1.54, 1.807) is 36.5 Å². The van der Waals surface area contributed by atoms with Gasteiger partial charge in [0.15, 0.2) is 0 Å². The summed E-state index contributed by atoms with van der Waals surface area (Å²) in [5, 5.41) is 9.43. The number of rotatable bonds is 3. The van der Waals surface area contributed by atoms with Crippen LogP contribution in [0.15, 0.2) is 54.7 Å². The number of nitrogens with two attached hydrogens (primary N) is 1. The van der Waals surface area contributed by atoms with E-state index < -0.39 is 23.6 Å².